The van der Waals surface area contributed by atoms with Crippen LogP contribution in [0.1, 0.15) is 94.2 Å². The third kappa shape index (κ3) is 10.6. The number of benzene rings is 4. The van der Waals surface area contributed by atoms with Crippen LogP contribution in [0.5, 0.6) is 0 Å². The number of pyridine rings is 1. The van der Waals surface area contributed by atoms with Crippen molar-refractivity contribution in [2.75, 3.05) is 0 Å². The lowest BCUT2D eigenvalue weighted by molar-refractivity contribution is -0.659. The molecule has 3 heterocycles. The number of rotatable bonds is 2. The fourth-order valence-electron chi connectivity index (χ4n) is 5.49. The quantitative estimate of drug-likeness (QED) is 0.128. The summed E-state index contributed by atoms with van der Waals surface area (Å²) in [6.07, 6.45) is 8.46. The first kappa shape index (κ1) is 45.3. The number of fused-ring (bicyclic) bond motifs is 6. The summed E-state index contributed by atoms with van der Waals surface area (Å²) in [5.41, 5.74) is 7.57. The molecule has 4 nitrogen and oxygen atoms in total. The van der Waals surface area contributed by atoms with Crippen molar-refractivity contribution in [1.29, 1.82) is 0 Å². The molecule has 3 aromatic heterocycles. The Bertz CT molecular complexity index is 1910. The molecule has 4 aromatic carbocycles. The van der Waals surface area contributed by atoms with E-state index < -0.39 is 0 Å². The van der Waals surface area contributed by atoms with Gasteiger partial charge in [-0.25, -0.2) is 9.13 Å². The van der Waals surface area contributed by atoms with E-state index in [0.717, 1.165) is 0 Å². The van der Waals surface area contributed by atoms with Gasteiger partial charge in [0.1, 0.15) is 36.0 Å². The molecule has 7 aromatic rings. The maximum Gasteiger partial charge on any atom is 0.294 e. The molecule has 0 saturated carbocycles. The number of aromatic nitrogens is 4. The molecule has 0 radical (unpaired) electrons. The highest BCUT2D eigenvalue weighted by Crippen LogP contribution is 2.30. The molecule has 0 aliphatic carbocycles. The molecule has 0 aliphatic rings. The van der Waals surface area contributed by atoms with Crippen LogP contribution in [-0.4, -0.2) is 8.97 Å². The van der Waals surface area contributed by atoms with Gasteiger partial charge >= 0.3 is 0 Å². The van der Waals surface area contributed by atoms with Crippen molar-refractivity contribution >= 4 is 27.3 Å². The van der Waals surface area contributed by atoms with Gasteiger partial charge in [-0.2, -0.15) is 8.97 Å². The van der Waals surface area contributed by atoms with Crippen LogP contribution < -0.4 is 9.13 Å². The minimum atomic E-state index is 1.18. The Balaban J connectivity index is 0.000000741. The lowest BCUT2D eigenvalue weighted by atomic mass is 10.0. The van der Waals surface area contributed by atoms with Crippen LogP contribution in [-0.2, 0) is 14.1 Å². The van der Waals surface area contributed by atoms with Crippen LogP contribution in [0.15, 0.2) is 122 Å². The van der Waals surface area contributed by atoms with Crippen molar-refractivity contribution in [3.63, 3.8) is 0 Å². The number of nitrogens with zero attached hydrogens (tertiary/aromatic N) is 4. The smallest absolute Gasteiger partial charge is 0.232 e. The molecule has 7 rings (SSSR count). The summed E-state index contributed by atoms with van der Waals surface area (Å²) in [6, 6.07) is 34.1. The van der Waals surface area contributed by atoms with E-state index in [9.17, 15) is 0 Å². The van der Waals surface area contributed by atoms with Crippen LogP contribution in [0.25, 0.3) is 44.4 Å². The maximum absolute atomic E-state index is 2.28. The molecule has 50 heavy (non-hydrogen) atoms. The third-order valence-corrected chi connectivity index (χ3v) is 7.37. The van der Waals surface area contributed by atoms with Gasteiger partial charge in [0.2, 0.25) is 0 Å². The summed E-state index contributed by atoms with van der Waals surface area (Å²) in [5.74, 6) is 1.20. The van der Waals surface area contributed by atoms with Gasteiger partial charge in [-0.3, -0.25) is 0 Å². The molecule has 0 N–H and O–H groups in total. The van der Waals surface area contributed by atoms with Gasteiger partial charge in [0, 0.05) is 10.8 Å². The van der Waals surface area contributed by atoms with E-state index in [2.05, 4.69) is 162 Å². The molecule has 0 fully saturated rings. The Morgan fingerprint density at radius 3 is 1.58 bits per heavy atom. The minimum Gasteiger partial charge on any atom is -0.232 e. The van der Waals surface area contributed by atoms with E-state index in [-0.39, 0.29) is 0 Å². The van der Waals surface area contributed by atoms with Crippen LogP contribution in [0, 0.1) is 13.8 Å². The molecule has 4 heteroatoms. The van der Waals surface area contributed by atoms with Crippen LogP contribution in [0.3, 0.4) is 0 Å². The van der Waals surface area contributed by atoms with Crippen molar-refractivity contribution in [2.24, 2.45) is 14.1 Å². The van der Waals surface area contributed by atoms with Gasteiger partial charge < -0.3 is 0 Å². The number of hydrogen-bond donors (Lipinski definition) is 0. The van der Waals surface area contributed by atoms with E-state index >= 15 is 0 Å². The summed E-state index contributed by atoms with van der Waals surface area (Å²) < 4.78 is 8.87. The predicted octanol–water partition coefficient (Wildman–Crippen LogP) is 12.8. The molecule has 0 spiro atoms. The van der Waals surface area contributed by atoms with E-state index in [1.54, 1.807) is 0 Å². The van der Waals surface area contributed by atoms with Gasteiger partial charge in [-0.15, -0.1) is 0 Å². The van der Waals surface area contributed by atoms with Gasteiger partial charge in [-0.1, -0.05) is 156 Å². The second kappa shape index (κ2) is 25.3. The minimum absolute atomic E-state index is 1.18. The van der Waals surface area contributed by atoms with Crippen molar-refractivity contribution in [3.8, 4) is 17.1 Å². The van der Waals surface area contributed by atoms with E-state index in [0.29, 0.717) is 0 Å². The number of para-hydroxylation sites is 2. The van der Waals surface area contributed by atoms with Gasteiger partial charge in [0.15, 0.2) is 0 Å². The third-order valence-electron chi connectivity index (χ3n) is 7.37. The van der Waals surface area contributed by atoms with Gasteiger partial charge in [0.05, 0.1) is 25.0 Å². The summed E-state index contributed by atoms with van der Waals surface area (Å²) >= 11 is 0. The van der Waals surface area contributed by atoms with Crippen molar-refractivity contribution in [3.05, 3.63) is 133 Å². The summed E-state index contributed by atoms with van der Waals surface area (Å²) in [6.45, 7) is 28.3. The molecule has 0 unspecified atom stereocenters. The fraction of sp³-hybridized carbons (Fsp3) is 0.348. The zero-order valence-corrected chi connectivity index (χ0v) is 34.3. The van der Waals surface area contributed by atoms with E-state index in [4.69, 9.17) is 0 Å². The second-order valence-corrected chi connectivity index (χ2v) is 9.87. The molecule has 0 aliphatic heterocycles. The Morgan fingerprint density at radius 1 is 0.460 bits per heavy atom. The Morgan fingerprint density at radius 2 is 0.960 bits per heavy atom. The lowest BCUT2D eigenvalue weighted by Gasteiger charge is -2.06. The van der Waals surface area contributed by atoms with Crippen LogP contribution >= 0.6 is 0 Å². The maximum atomic E-state index is 2.28. The van der Waals surface area contributed by atoms with E-state index in [1.807, 2.05) is 89.2 Å². The highest BCUT2D eigenvalue weighted by Gasteiger charge is 2.20. The number of aryl methyl sites for hydroxylation is 4. The molecule has 0 saturated heterocycles. The first-order valence-corrected chi connectivity index (χ1v) is 19.0. The summed E-state index contributed by atoms with van der Waals surface area (Å²) in [7, 11) is 4.19. The fourth-order valence-corrected chi connectivity index (χ4v) is 5.49. The van der Waals surface area contributed by atoms with Crippen molar-refractivity contribution < 1.29 is 9.13 Å². The number of imidazole rings is 2. The predicted molar refractivity (Wildman–Crippen MR) is 224 cm³/mol. The molecule has 0 bridgehead atoms. The van der Waals surface area contributed by atoms with Crippen molar-refractivity contribution in [2.45, 2.75) is 96.9 Å². The van der Waals surface area contributed by atoms with Gasteiger partial charge in [-0.05, 0) is 49.2 Å². The van der Waals surface area contributed by atoms with Crippen molar-refractivity contribution in [1.82, 2.24) is 8.97 Å². The highest BCUT2D eigenvalue weighted by molar-refractivity contribution is 6.12. The zero-order valence-electron chi connectivity index (χ0n) is 34.3. The van der Waals surface area contributed by atoms with Crippen LogP contribution in [0.4, 0.5) is 0 Å². The lowest BCUT2D eigenvalue weighted by Crippen LogP contribution is -2.29. The molecule has 0 atom stereocenters. The first-order valence-electron chi connectivity index (χ1n) is 19.0. The van der Waals surface area contributed by atoms with Crippen LogP contribution in [0.2, 0.25) is 0 Å². The zero-order chi connectivity index (χ0) is 38.2. The average molecular weight is 677 g/mol. The molecule has 0 amide bonds. The second-order valence-electron chi connectivity index (χ2n) is 9.87. The SMILES string of the molecule is CC.CC.CC.CC.CC.CC.Cc1cccc2c3ccccc3n3cc[n+](C)c3c12.Cc1ccccc1-c1n(-c2ccccc2)cc[n+]1C. The Labute approximate surface area is 305 Å². The highest BCUT2D eigenvalue weighted by atomic mass is 15.1. The summed E-state index contributed by atoms with van der Waals surface area (Å²) in [5, 5.41) is 3.98. The standard InChI is InChI=1S/C17H15N2.C17H17N2.6C2H6/c1-12-6-5-8-14-13-7-3-4-9-15(13)19-11-10-18(2)17(19)16(12)14;1-14-8-6-7-11-16(14)17-18(2)12-13-19(17)15-9-4-3-5-10-15;6*1-2/h3-11H,1-2H3;3-13H,1-2H3;6*1-2H3/q2*+1;;;;;;. The molecular formula is C46H68N4+2. The summed E-state index contributed by atoms with van der Waals surface area (Å²) in [4.78, 5) is 0. The van der Waals surface area contributed by atoms with E-state index in [1.165, 1.54) is 55.5 Å². The number of hydrogen-bond acceptors (Lipinski definition) is 0. The average Bonchev–Trinajstić information content (AvgIpc) is 3.79. The Kier molecular flexibility index (Phi) is 22.9. The first-order chi connectivity index (χ1) is 24.5. The Hall–Kier alpha value is -4.70. The largest absolute Gasteiger partial charge is 0.294 e. The van der Waals surface area contributed by atoms with Gasteiger partial charge in [0.25, 0.3) is 11.5 Å². The normalized spacial score (nSPS) is 9.20. The topological polar surface area (TPSA) is 17.1 Å². The monoisotopic (exact) mass is 677 g/mol. The molecular weight excluding hydrogens is 609 g/mol. The molecule has 270 valence electrons.